The Labute approximate surface area is 152 Å². The number of carbonyl (C=O) groups excluding carboxylic acids is 1. The van der Waals surface area contributed by atoms with Gasteiger partial charge in [0.1, 0.15) is 5.82 Å². The third-order valence-electron chi connectivity index (χ3n) is 4.03. The average Bonchev–Trinajstić information content (AvgIpc) is 2.58. The van der Waals surface area contributed by atoms with E-state index in [1.165, 1.54) is 18.3 Å². The summed E-state index contributed by atoms with van der Waals surface area (Å²) in [6.45, 7) is 5.96. The summed E-state index contributed by atoms with van der Waals surface area (Å²) in [4.78, 5) is 16.7. The van der Waals surface area contributed by atoms with Crippen LogP contribution >= 0.6 is 0 Å². The van der Waals surface area contributed by atoms with Gasteiger partial charge in [-0.25, -0.2) is 4.39 Å². The van der Waals surface area contributed by atoms with Gasteiger partial charge >= 0.3 is 0 Å². The van der Waals surface area contributed by atoms with Crippen LogP contribution in [0.4, 0.5) is 21.5 Å². The molecule has 0 unspecified atom stereocenters. The molecule has 0 spiro atoms. The molecule has 0 saturated carbocycles. The largest absolute Gasteiger partial charge is 0.354 e. The van der Waals surface area contributed by atoms with Crippen LogP contribution < -0.4 is 10.6 Å². The van der Waals surface area contributed by atoms with Crippen LogP contribution in [0.5, 0.6) is 0 Å². The molecule has 1 amide bonds. The number of carbonyl (C=O) groups is 1. The van der Waals surface area contributed by atoms with Crippen LogP contribution in [0.3, 0.4) is 0 Å². The lowest BCUT2D eigenvalue weighted by Crippen LogP contribution is -2.14. The van der Waals surface area contributed by atoms with Crippen molar-refractivity contribution in [3.05, 3.63) is 82.9 Å². The van der Waals surface area contributed by atoms with Crippen molar-refractivity contribution in [3.8, 4) is 0 Å². The maximum absolute atomic E-state index is 13.3. The molecule has 3 aromatic rings. The molecule has 4 nitrogen and oxygen atoms in total. The van der Waals surface area contributed by atoms with Crippen molar-refractivity contribution >= 4 is 23.0 Å². The van der Waals surface area contributed by atoms with Crippen LogP contribution in [0.1, 0.15) is 27.0 Å². The van der Waals surface area contributed by atoms with Gasteiger partial charge in [-0.3, -0.25) is 9.78 Å². The first-order valence-corrected chi connectivity index (χ1v) is 8.29. The van der Waals surface area contributed by atoms with Gasteiger partial charge in [0.15, 0.2) is 0 Å². The smallest absolute Gasteiger partial charge is 0.257 e. The highest BCUT2D eigenvalue weighted by Crippen LogP contribution is 2.23. The van der Waals surface area contributed by atoms with E-state index in [2.05, 4.69) is 15.6 Å². The van der Waals surface area contributed by atoms with E-state index in [-0.39, 0.29) is 11.7 Å². The van der Waals surface area contributed by atoms with Crippen molar-refractivity contribution < 1.29 is 9.18 Å². The minimum absolute atomic E-state index is 0.240. The molecule has 0 aliphatic rings. The highest BCUT2D eigenvalue weighted by molar-refractivity contribution is 6.05. The summed E-state index contributed by atoms with van der Waals surface area (Å²) >= 11 is 0. The van der Waals surface area contributed by atoms with E-state index < -0.39 is 0 Å². The van der Waals surface area contributed by atoms with E-state index in [4.69, 9.17) is 0 Å². The van der Waals surface area contributed by atoms with E-state index in [1.54, 1.807) is 24.4 Å². The van der Waals surface area contributed by atoms with E-state index in [0.29, 0.717) is 16.9 Å². The van der Waals surface area contributed by atoms with Gasteiger partial charge in [0.05, 0.1) is 17.4 Å². The van der Waals surface area contributed by atoms with Gasteiger partial charge < -0.3 is 10.6 Å². The Morgan fingerprint density at radius 1 is 0.962 bits per heavy atom. The average molecular weight is 349 g/mol. The van der Waals surface area contributed by atoms with Crippen LogP contribution in [0.25, 0.3) is 0 Å². The second-order valence-electron chi connectivity index (χ2n) is 6.33. The highest BCUT2D eigenvalue weighted by atomic mass is 19.1. The number of aromatic nitrogens is 1. The van der Waals surface area contributed by atoms with Crippen molar-refractivity contribution in [1.82, 2.24) is 4.98 Å². The summed E-state index contributed by atoms with van der Waals surface area (Å²) in [7, 11) is 0. The fourth-order valence-electron chi connectivity index (χ4n) is 2.93. The molecule has 0 aliphatic heterocycles. The zero-order valence-corrected chi connectivity index (χ0v) is 14.9. The molecule has 0 saturated heterocycles. The predicted molar refractivity (Wildman–Crippen MR) is 103 cm³/mol. The number of nitrogens with one attached hydrogen (secondary N) is 2. The first-order chi connectivity index (χ1) is 12.4. The number of hydrogen-bond acceptors (Lipinski definition) is 3. The molecule has 2 N–H and O–H groups in total. The molecule has 0 aliphatic carbocycles. The molecular weight excluding hydrogens is 329 g/mol. The monoisotopic (exact) mass is 349 g/mol. The molecule has 1 heterocycles. The number of halogens is 1. The molecule has 132 valence electrons. The van der Waals surface area contributed by atoms with Crippen molar-refractivity contribution in [2.45, 2.75) is 20.8 Å². The summed E-state index contributed by atoms with van der Waals surface area (Å²) < 4.78 is 13.3. The number of hydrogen-bond donors (Lipinski definition) is 2. The number of nitrogens with zero attached hydrogens (tertiary/aromatic N) is 1. The van der Waals surface area contributed by atoms with Crippen molar-refractivity contribution in [2.75, 3.05) is 10.6 Å². The Balaban J connectivity index is 1.80. The first kappa shape index (κ1) is 17.6. The minimum Gasteiger partial charge on any atom is -0.354 e. The fourth-order valence-corrected chi connectivity index (χ4v) is 2.93. The van der Waals surface area contributed by atoms with Crippen LogP contribution in [-0.4, -0.2) is 10.9 Å². The molecule has 3 rings (SSSR count). The standard InChI is InChI=1S/C21H20FN3O/c1-13-7-14(2)20(15(3)8-13)25-21(26)16-9-19(12-23-11-16)24-18-6-4-5-17(22)10-18/h4-12,24H,1-3H3,(H,25,26). The topological polar surface area (TPSA) is 54.0 Å². The molecule has 5 heteroatoms. The molecule has 26 heavy (non-hydrogen) atoms. The zero-order valence-electron chi connectivity index (χ0n) is 14.9. The van der Waals surface area contributed by atoms with Gasteiger partial charge in [-0.05, 0) is 56.2 Å². The molecule has 0 atom stereocenters. The number of amides is 1. The predicted octanol–water partition coefficient (Wildman–Crippen LogP) is 5.14. The summed E-state index contributed by atoms with van der Waals surface area (Å²) in [5, 5.41) is 6.01. The van der Waals surface area contributed by atoms with E-state index in [0.717, 1.165) is 22.4 Å². The Morgan fingerprint density at radius 3 is 2.38 bits per heavy atom. The lowest BCUT2D eigenvalue weighted by molar-refractivity contribution is 0.102. The summed E-state index contributed by atoms with van der Waals surface area (Å²) in [5.41, 5.74) is 5.61. The Morgan fingerprint density at radius 2 is 1.69 bits per heavy atom. The fraction of sp³-hybridized carbons (Fsp3) is 0.143. The minimum atomic E-state index is -0.331. The lowest BCUT2D eigenvalue weighted by atomic mass is 10.0. The number of rotatable bonds is 4. The number of pyridine rings is 1. The van der Waals surface area contributed by atoms with Gasteiger partial charge in [0.2, 0.25) is 0 Å². The normalized spacial score (nSPS) is 10.5. The maximum Gasteiger partial charge on any atom is 0.257 e. The Kier molecular flexibility index (Phi) is 4.98. The number of aryl methyl sites for hydroxylation is 3. The van der Waals surface area contributed by atoms with E-state index in [9.17, 15) is 9.18 Å². The van der Waals surface area contributed by atoms with E-state index in [1.807, 2.05) is 32.9 Å². The summed E-state index contributed by atoms with van der Waals surface area (Å²) in [5.74, 6) is -0.572. The summed E-state index contributed by atoms with van der Waals surface area (Å²) in [6.07, 6.45) is 3.09. The first-order valence-electron chi connectivity index (χ1n) is 8.29. The van der Waals surface area contributed by atoms with Gasteiger partial charge in [-0.2, -0.15) is 0 Å². The second kappa shape index (κ2) is 7.35. The molecule has 1 aromatic heterocycles. The molecule has 0 fully saturated rings. The maximum atomic E-state index is 13.3. The van der Waals surface area contributed by atoms with E-state index >= 15 is 0 Å². The van der Waals surface area contributed by atoms with Crippen molar-refractivity contribution in [3.63, 3.8) is 0 Å². The molecule has 2 aromatic carbocycles. The quantitative estimate of drug-likeness (QED) is 0.685. The number of anilines is 3. The Hall–Kier alpha value is -3.21. The van der Waals surface area contributed by atoms with Gasteiger partial charge in [-0.15, -0.1) is 0 Å². The lowest BCUT2D eigenvalue weighted by Gasteiger charge is -2.13. The van der Waals surface area contributed by atoms with Gasteiger partial charge in [0, 0.05) is 17.6 Å². The van der Waals surface area contributed by atoms with Crippen LogP contribution in [-0.2, 0) is 0 Å². The van der Waals surface area contributed by atoms with Gasteiger partial charge in [-0.1, -0.05) is 23.8 Å². The zero-order chi connectivity index (χ0) is 18.7. The van der Waals surface area contributed by atoms with Crippen LogP contribution in [0, 0.1) is 26.6 Å². The number of benzene rings is 2. The molecular formula is C21H20FN3O. The Bertz CT molecular complexity index is 946. The van der Waals surface area contributed by atoms with Crippen LogP contribution in [0.15, 0.2) is 54.9 Å². The van der Waals surface area contributed by atoms with Crippen molar-refractivity contribution in [1.29, 1.82) is 0 Å². The van der Waals surface area contributed by atoms with Gasteiger partial charge in [0.25, 0.3) is 5.91 Å². The summed E-state index contributed by atoms with van der Waals surface area (Å²) in [6, 6.07) is 11.9. The SMILES string of the molecule is Cc1cc(C)c(NC(=O)c2cncc(Nc3cccc(F)c3)c2)c(C)c1. The van der Waals surface area contributed by atoms with Crippen LogP contribution in [0.2, 0.25) is 0 Å². The highest BCUT2D eigenvalue weighted by Gasteiger charge is 2.11. The third-order valence-corrected chi connectivity index (χ3v) is 4.03. The van der Waals surface area contributed by atoms with Crippen molar-refractivity contribution in [2.24, 2.45) is 0 Å². The second-order valence-corrected chi connectivity index (χ2v) is 6.33. The third kappa shape index (κ3) is 4.06. The molecule has 0 bridgehead atoms. The molecule has 0 radical (unpaired) electrons.